The number of hydrogen-bond donors (Lipinski definition) is 2. The zero-order chi connectivity index (χ0) is 16.9. The Kier molecular flexibility index (Phi) is 5.33. The number of carboxylic acids is 1. The van der Waals surface area contributed by atoms with E-state index in [9.17, 15) is 18.0 Å². The molecule has 2 aromatic rings. The Bertz CT molecular complexity index is 670. The number of pyridine rings is 1. The van der Waals surface area contributed by atoms with Crippen LogP contribution >= 0.6 is 0 Å². The largest absolute Gasteiger partial charge is 0.478 e. The molecule has 23 heavy (non-hydrogen) atoms. The van der Waals surface area contributed by atoms with Crippen LogP contribution in [0.1, 0.15) is 27.3 Å². The molecule has 2 N–H and O–H groups in total. The highest BCUT2D eigenvalue weighted by molar-refractivity contribution is 5.87. The van der Waals surface area contributed by atoms with Crippen LogP contribution in [0, 0.1) is 0 Å². The van der Waals surface area contributed by atoms with E-state index in [0.29, 0.717) is 25.2 Å². The van der Waals surface area contributed by atoms with E-state index in [1.807, 2.05) is 0 Å². The third-order valence-corrected chi connectivity index (χ3v) is 3.19. The SMILES string of the molecule is O=C(O)c1ccc(CNCCc2cccc(C(F)(F)F)n2)cc1. The quantitative estimate of drug-likeness (QED) is 0.802. The van der Waals surface area contributed by atoms with Crippen molar-refractivity contribution in [3.8, 4) is 0 Å². The summed E-state index contributed by atoms with van der Waals surface area (Å²) in [5.74, 6) is -0.986. The van der Waals surface area contributed by atoms with Crippen LogP contribution in [0.2, 0.25) is 0 Å². The lowest BCUT2D eigenvalue weighted by molar-refractivity contribution is -0.141. The van der Waals surface area contributed by atoms with Gasteiger partial charge in [-0.3, -0.25) is 0 Å². The van der Waals surface area contributed by atoms with E-state index < -0.39 is 17.8 Å². The van der Waals surface area contributed by atoms with Crippen molar-refractivity contribution < 1.29 is 23.1 Å². The molecule has 0 saturated heterocycles. The van der Waals surface area contributed by atoms with Gasteiger partial charge in [-0.2, -0.15) is 13.2 Å². The Hall–Kier alpha value is -2.41. The van der Waals surface area contributed by atoms with E-state index in [0.717, 1.165) is 11.6 Å². The van der Waals surface area contributed by atoms with Crippen molar-refractivity contribution in [2.45, 2.75) is 19.1 Å². The van der Waals surface area contributed by atoms with Gasteiger partial charge < -0.3 is 10.4 Å². The van der Waals surface area contributed by atoms with Gasteiger partial charge in [0.15, 0.2) is 0 Å². The number of hydrogen-bond acceptors (Lipinski definition) is 3. The van der Waals surface area contributed by atoms with E-state index in [2.05, 4.69) is 10.3 Å². The maximum atomic E-state index is 12.5. The van der Waals surface area contributed by atoms with E-state index in [1.54, 1.807) is 18.2 Å². The van der Waals surface area contributed by atoms with Gasteiger partial charge in [0, 0.05) is 25.2 Å². The van der Waals surface area contributed by atoms with Gasteiger partial charge in [0.25, 0.3) is 0 Å². The lowest BCUT2D eigenvalue weighted by Crippen LogP contribution is -2.18. The standard InChI is InChI=1S/C16H15F3N2O2/c17-16(18,19)14-3-1-2-13(21-14)8-9-20-10-11-4-6-12(7-5-11)15(22)23/h1-7,20H,8-10H2,(H,22,23). The number of carboxylic acid groups (broad SMARTS) is 1. The summed E-state index contributed by atoms with van der Waals surface area (Å²) in [6, 6.07) is 10.2. The fraction of sp³-hybridized carbons (Fsp3) is 0.250. The van der Waals surface area contributed by atoms with Crippen LogP contribution < -0.4 is 5.32 Å². The molecule has 0 amide bonds. The summed E-state index contributed by atoms with van der Waals surface area (Å²) in [4.78, 5) is 14.3. The minimum absolute atomic E-state index is 0.210. The maximum Gasteiger partial charge on any atom is 0.433 e. The van der Waals surface area contributed by atoms with Crippen molar-refractivity contribution in [1.82, 2.24) is 10.3 Å². The predicted octanol–water partition coefficient (Wildman–Crippen LogP) is 3.13. The topological polar surface area (TPSA) is 62.2 Å². The molecular formula is C16H15F3N2O2. The summed E-state index contributed by atoms with van der Waals surface area (Å²) in [5.41, 5.74) is 0.585. The number of nitrogens with zero attached hydrogens (tertiary/aromatic N) is 1. The molecule has 0 spiro atoms. The third kappa shape index (κ3) is 5.07. The smallest absolute Gasteiger partial charge is 0.433 e. The van der Waals surface area contributed by atoms with Gasteiger partial charge >= 0.3 is 12.1 Å². The number of rotatable bonds is 6. The molecule has 0 aliphatic carbocycles. The highest BCUT2D eigenvalue weighted by atomic mass is 19.4. The Morgan fingerprint density at radius 2 is 1.83 bits per heavy atom. The second-order valence-electron chi connectivity index (χ2n) is 4.94. The highest BCUT2D eigenvalue weighted by Gasteiger charge is 2.32. The zero-order valence-corrected chi connectivity index (χ0v) is 12.1. The van der Waals surface area contributed by atoms with Gasteiger partial charge in [0.2, 0.25) is 0 Å². The molecule has 1 aromatic carbocycles. The van der Waals surface area contributed by atoms with Crippen LogP contribution in [0.15, 0.2) is 42.5 Å². The van der Waals surface area contributed by atoms with Crippen molar-refractivity contribution in [3.05, 3.63) is 65.0 Å². The summed E-state index contributed by atoms with van der Waals surface area (Å²) in [6.45, 7) is 0.966. The van der Waals surface area contributed by atoms with Crippen LogP contribution in [-0.4, -0.2) is 22.6 Å². The number of aromatic carboxylic acids is 1. The van der Waals surface area contributed by atoms with Crippen LogP contribution in [0.4, 0.5) is 13.2 Å². The molecule has 7 heteroatoms. The molecule has 0 saturated carbocycles. The first-order valence-corrected chi connectivity index (χ1v) is 6.92. The minimum Gasteiger partial charge on any atom is -0.478 e. The molecule has 4 nitrogen and oxygen atoms in total. The molecule has 2 rings (SSSR count). The maximum absolute atomic E-state index is 12.5. The number of benzene rings is 1. The molecule has 0 fully saturated rings. The minimum atomic E-state index is -4.44. The normalized spacial score (nSPS) is 11.4. The number of aromatic nitrogens is 1. The first-order valence-electron chi connectivity index (χ1n) is 6.92. The number of alkyl halides is 3. The first-order chi connectivity index (χ1) is 10.9. The van der Waals surface area contributed by atoms with E-state index >= 15 is 0 Å². The lowest BCUT2D eigenvalue weighted by Gasteiger charge is -2.08. The number of carbonyl (C=O) groups is 1. The van der Waals surface area contributed by atoms with Crippen LogP contribution in [0.5, 0.6) is 0 Å². The summed E-state index contributed by atoms with van der Waals surface area (Å²) in [6.07, 6.45) is -4.06. The zero-order valence-electron chi connectivity index (χ0n) is 12.1. The van der Waals surface area contributed by atoms with Gasteiger partial charge in [0.1, 0.15) is 5.69 Å². The van der Waals surface area contributed by atoms with Crippen molar-refractivity contribution in [2.75, 3.05) is 6.54 Å². The fourth-order valence-corrected chi connectivity index (χ4v) is 1.99. The van der Waals surface area contributed by atoms with Gasteiger partial charge in [-0.05, 0) is 29.8 Å². The Labute approximate surface area is 131 Å². The summed E-state index contributed by atoms with van der Waals surface area (Å²) >= 11 is 0. The number of halogens is 3. The number of nitrogens with one attached hydrogen (secondary N) is 1. The molecule has 0 unspecified atom stereocenters. The monoisotopic (exact) mass is 324 g/mol. The van der Waals surface area contributed by atoms with E-state index in [1.165, 1.54) is 18.2 Å². The molecule has 0 aliphatic heterocycles. The van der Waals surface area contributed by atoms with Gasteiger partial charge in [-0.25, -0.2) is 9.78 Å². The highest BCUT2D eigenvalue weighted by Crippen LogP contribution is 2.27. The summed E-state index contributed by atoms with van der Waals surface area (Å²) in [7, 11) is 0. The van der Waals surface area contributed by atoms with E-state index in [4.69, 9.17) is 5.11 Å². The Morgan fingerprint density at radius 3 is 2.43 bits per heavy atom. The second kappa shape index (κ2) is 7.23. The Balaban J connectivity index is 1.82. The second-order valence-corrected chi connectivity index (χ2v) is 4.94. The average molecular weight is 324 g/mol. The van der Waals surface area contributed by atoms with Gasteiger partial charge in [-0.15, -0.1) is 0 Å². The first kappa shape index (κ1) is 17.0. The Morgan fingerprint density at radius 1 is 1.13 bits per heavy atom. The van der Waals surface area contributed by atoms with Gasteiger partial charge in [0.05, 0.1) is 5.56 Å². The predicted molar refractivity (Wildman–Crippen MR) is 78.1 cm³/mol. The van der Waals surface area contributed by atoms with Crippen LogP contribution in [0.25, 0.3) is 0 Å². The molecule has 0 atom stereocenters. The summed E-state index contributed by atoms with van der Waals surface area (Å²) in [5, 5.41) is 11.9. The molecule has 1 heterocycles. The molecule has 0 aliphatic rings. The molecule has 122 valence electrons. The molecule has 0 radical (unpaired) electrons. The van der Waals surface area contributed by atoms with E-state index in [-0.39, 0.29) is 5.56 Å². The molecule has 1 aromatic heterocycles. The molecular weight excluding hydrogens is 309 g/mol. The summed E-state index contributed by atoms with van der Waals surface area (Å²) < 4.78 is 37.6. The van der Waals surface area contributed by atoms with Crippen molar-refractivity contribution in [3.63, 3.8) is 0 Å². The average Bonchev–Trinajstić information content (AvgIpc) is 2.51. The molecule has 0 bridgehead atoms. The van der Waals surface area contributed by atoms with Crippen molar-refractivity contribution >= 4 is 5.97 Å². The van der Waals surface area contributed by atoms with Gasteiger partial charge in [-0.1, -0.05) is 18.2 Å². The third-order valence-electron chi connectivity index (χ3n) is 3.19. The van der Waals surface area contributed by atoms with Crippen LogP contribution in [-0.2, 0) is 19.1 Å². The van der Waals surface area contributed by atoms with Crippen molar-refractivity contribution in [1.29, 1.82) is 0 Å². The van der Waals surface area contributed by atoms with Crippen LogP contribution in [0.3, 0.4) is 0 Å². The van der Waals surface area contributed by atoms with Crippen molar-refractivity contribution in [2.24, 2.45) is 0 Å². The lowest BCUT2D eigenvalue weighted by atomic mass is 10.1. The fourth-order valence-electron chi connectivity index (χ4n) is 1.99.